The first-order valence-corrected chi connectivity index (χ1v) is 8.54. The zero-order valence-corrected chi connectivity index (χ0v) is 13.2. The van der Waals surface area contributed by atoms with E-state index < -0.39 is 0 Å². The van der Waals surface area contributed by atoms with E-state index in [0.717, 1.165) is 19.0 Å². The topological polar surface area (TPSA) is 44.8 Å². The molecule has 0 spiro atoms. The van der Waals surface area contributed by atoms with Crippen LogP contribution in [0.25, 0.3) is 0 Å². The van der Waals surface area contributed by atoms with Crippen LogP contribution in [0.4, 0.5) is 0 Å². The maximum atomic E-state index is 12.6. The van der Waals surface area contributed by atoms with Crippen molar-refractivity contribution >= 4 is 5.91 Å². The number of nitrogens with zero attached hydrogens (tertiary/aromatic N) is 2. The number of likely N-dealkylation sites (N-methyl/N-ethyl adjacent to an activating group) is 1. The van der Waals surface area contributed by atoms with Gasteiger partial charge in [-0.05, 0) is 51.7 Å². The predicted octanol–water partition coefficient (Wildman–Crippen LogP) is 0.555. The van der Waals surface area contributed by atoms with Gasteiger partial charge in [0.25, 0.3) is 0 Å². The molecule has 0 aliphatic carbocycles. The summed E-state index contributed by atoms with van der Waals surface area (Å²) in [7, 11) is 1.92. The smallest absolute Gasteiger partial charge is 0.229 e. The summed E-state index contributed by atoms with van der Waals surface area (Å²) in [6.45, 7) is 6.92. The molecule has 0 bridgehead atoms. The fourth-order valence-corrected chi connectivity index (χ4v) is 3.98. The van der Waals surface area contributed by atoms with Crippen molar-refractivity contribution < 1.29 is 9.53 Å². The highest BCUT2D eigenvalue weighted by Crippen LogP contribution is 2.24. The summed E-state index contributed by atoms with van der Waals surface area (Å²) in [6.07, 6.45) is 5.06. The second kappa shape index (κ2) is 7.07. The molecule has 0 aromatic heterocycles. The van der Waals surface area contributed by atoms with Crippen LogP contribution in [-0.2, 0) is 9.53 Å². The molecule has 3 saturated heterocycles. The van der Waals surface area contributed by atoms with Gasteiger partial charge in [0.05, 0.1) is 19.1 Å². The van der Waals surface area contributed by atoms with Crippen molar-refractivity contribution in [1.29, 1.82) is 0 Å². The lowest BCUT2D eigenvalue weighted by Crippen LogP contribution is -2.48. The molecule has 3 aliphatic heterocycles. The standard InChI is InChI=1S/C16H29N3O2/c1-17-15-12-21-11-14(15)16(20)19-8-4-13(5-9-19)10-18-6-2-3-7-18/h13-15,17H,2-12H2,1H3. The summed E-state index contributed by atoms with van der Waals surface area (Å²) in [5.41, 5.74) is 0. The highest BCUT2D eigenvalue weighted by Gasteiger charge is 2.37. The molecule has 1 amide bonds. The fourth-order valence-electron chi connectivity index (χ4n) is 3.98. The summed E-state index contributed by atoms with van der Waals surface area (Å²) in [4.78, 5) is 17.3. The van der Waals surface area contributed by atoms with Crippen molar-refractivity contribution in [3.63, 3.8) is 0 Å². The minimum atomic E-state index is 0.0186. The van der Waals surface area contributed by atoms with Gasteiger partial charge in [-0.25, -0.2) is 0 Å². The second-order valence-corrected chi connectivity index (χ2v) is 6.82. The molecular formula is C16H29N3O2. The predicted molar refractivity (Wildman–Crippen MR) is 82.1 cm³/mol. The minimum absolute atomic E-state index is 0.0186. The van der Waals surface area contributed by atoms with E-state index in [1.807, 2.05) is 7.05 Å². The molecule has 2 unspecified atom stereocenters. The summed E-state index contributed by atoms with van der Waals surface area (Å²) in [5, 5.41) is 3.21. The number of piperidine rings is 1. The van der Waals surface area contributed by atoms with Crippen molar-refractivity contribution in [1.82, 2.24) is 15.1 Å². The molecule has 2 atom stereocenters. The van der Waals surface area contributed by atoms with Crippen LogP contribution < -0.4 is 5.32 Å². The van der Waals surface area contributed by atoms with Gasteiger partial charge in [-0.2, -0.15) is 0 Å². The van der Waals surface area contributed by atoms with Gasteiger partial charge in [0.2, 0.25) is 5.91 Å². The summed E-state index contributed by atoms with van der Waals surface area (Å²) >= 11 is 0. The molecule has 0 saturated carbocycles. The van der Waals surface area contributed by atoms with Gasteiger partial charge >= 0.3 is 0 Å². The number of ether oxygens (including phenoxy) is 1. The van der Waals surface area contributed by atoms with Gasteiger partial charge < -0.3 is 19.9 Å². The van der Waals surface area contributed by atoms with Gasteiger partial charge in [-0.15, -0.1) is 0 Å². The highest BCUT2D eigenvalue weighted by molar-refractivity contribution is 5.80. The van der Waals surface area contributed by atoms with E-state index >= 15 is 0 Å². The molecule has 21 heavy (non-hydrogen) atoms. The molecule has 0 aromatic carbocycles. The molecule has 3 aliphatic rings. The molecule has 0 radical (unpaired) electrons. The number of nitrogens with one attached hydrogen (secondary N) is 1. The van der Waals surface area contributed by atoms with E-state index in [-0.39, 0.29) is 12.0 Å². The Morgan fingerprint density at radius 1 is 1.14 bits per heavy atom. The molecule has 0 aromatic rings. The molecule has 3 heterocycles. The Morgan fingerprint density at radius 3 is 2.52 bits per heavy atom. The Labute approximate surface area is 128 Å². The molecule has 3 rings (SSSR count). The van der Waals surface area contributed by atoms with E-state index in [0.29, 0.717) is 19.1 Å². The number of hydrogen-bond acceptors (Lipinski definition) is 4. The normalized spacial score (nSPS) is 32.0. The molecule has 120 valence electrons. The van der Waals surface area contributed by atoms with Crippen molar-refractivity contribution in [2.75, 3.05) is 53.0 Å². The third kappa shape index (κ3) is 3.58. The first-order valence-electron chi connectivity index (χ1n) is 8.54. The molecule has 5 heteroatoms. The summed E-state index contributed by atoms with van der Waals surface area (Å²) in [6, 6.07) is 0.194. The Balaban J connectivity index is 1.45. The van der Waals surface area contributed by atoms with Crippen LogP contribution in [0, 0.1) is 11.8 Å². The average Bonchev–Trinajstić information content (AvgIpc) is 3.18. The van der Waals surface area contributed by atoms with E-state index in [1.165, 1.54) is 45.3 Å². The Morgan fingerprint density at radius 2 is 1.86 bits per heavy atom. The van der Waals surface area contributed by atoms with Crippen molar-refractivity contribution in [3.05, 3.63) is 0 Å². The Bertz CT molecular complexity index is 349. The molecular weight excluding hydrogens is 266 g/mol. The summed E-state index contributed by atoms with van der Waals surface area (Å²) < 4.78 is 5.47. The van der Waals surface area contributed by atoms with Crippen molar-refractivity contribution in [2.24, 2.45) is 11.8 Å². The third-order valence-electron chi connectivity index (χ3n) is 5.41. The Hall–Kier alpha value is -0.650. The quantitative estimate of drug-likeness (QED) is 0.823. The van der Waals surface area contributed by atoms with Crippen molar-refractivity contribution in [2.45, 2.75) is 31.7 Å². The minimum Gasteiger partial charge on any atom is -0.379 e. The van der Waals surface area contributed by atoms with Crippen LogP contribution in [0.2, 0.25) is 0 Å². The van der Waals surface area contributed by atoms with Gasteiger partial charge in [0, 0.05) is 25.7 Å². The van der Waals surface area contributed by atoms with E-state index in [4.69, 9.17) is 4.74 Å². The van der Waals surface area contributed by atoms with Gasteiger partial charge in [0.15, 0.2) is 0 Å². The third-order valence-corrected chi connectivity index (χ3v) is 5.41. The number of rotatable bonds is 4. The number of hydrogen-bond donors (Lipinski definition) is 1. The molecule has 1 N–H and O–H groups in total. The van der Waals surface area contributed by atoms with Crippen LogP contribution >= 0.6 is 0 Å². The molecule has 5 nitrogen and oxygen atoms in total. The van der Waals surface area contributed by atoms with Crippen LogP contribution in [0.1, 0.15) is 25.7 Å². The van der Waals surface area contributed by atoms with E-state index in [9.17, 15) is 4.79 Å². The SMILES string of the molecule is CNC1COCC1C(=O)N1CCC(CN2CCCC2)CC1. The largest absolute Gasteiger partial charge is 0.379 e. The van der Waals surface area contributed by atoms with Gasteiger partial charge in [-0.1, -0.05) is 0 Å². The highest BCUT2D eigenvalue weighted by atomic mass is 16.5. The van der Waals surface area contributed by atoms with E-state index in [1.54, 1.807) is 0 Å². The second-order valence-electron chi connectivity index (χ2n) is 6.82. The van der Waals surface area contributed by atoms with Crippen LogP contribution in [0.5, 0.6) is 0 Å². The summed E-state index contributed by atoms with van der Waals surface area (Å²) in [5.74, 6) is 1.10. The molecule has 3 fully saturated rings. The average molecular weight is 295 g/mol. The van der Waals surface area contributed by atoms with Crippen LogP contribution in [0.3, 0.4) is 0 Å². The number of carbonyl (C=O) groups is 1. The number of amides is 1. The number of carbonyl (C=O) groups excluding carboxylic acids is 1. The lowest BCUT2D eigenvalue weighted by atomic mass is 9.94. The lowest BCUT2D eigenvalue weighted by Gasteiger charge is -2.35. The van der Waals surface area contributed by atoms with Gasteiger partial charge in [0.1, 0.15) is 0 Å². The monoisotopic (exact) mass is 295 g/mol. The first-order chi connectivity index (χ1) is 10.3. The zero-order chi connectivity index (χ0) is 14.7. The Kier molecular flexibility index (Phi) is 5.14. The lowest BCUT2D eigenvalue weighted by molar-refractivity contribution is -0.137. The van der Waals surface area contributed by atoms with Crippen LogP contribution in [-0.4, -0.2) is 74.7 Å². The number of likely N-dealkylation sites (tertiary alicyclic amines) is 2. The van der Waals surface area contributed by atoms with Crippen LogP contribution in [0.15, 0.2) is 0 Å². The first kappa shape index (κ1) is 15.3. The zero-order valence-electron chi connectivity index (χ0n) is 13.2. The van der Waals surface area contributed by atoms with E-state index in [2.05, 4.69) is 15.1 Å². The van der Waals surface area contributed by atoms with Crippen molar-refractivity contribution in [3.8, 4) is 0 Å². The fraction of sp³-hybridized carbons (Fsp3) is 0.938. The maximum Gasteiger partial charge on any atom is 0.229 e. The van der Waals surface area contributed by atoms with Gasteiger partial charge in [-0.3, -0.25) is 4.79 Å². The maximum absolute atomic E-state index is 12.6.